The van der Waals surface area contributed by atoms with Gasteiger partial charge in [0.2, 0.25) is 5.88 Å². The number of nitrogens with one attached hydrogen (secondary N) is 2. The number of anilines is 2. The Morgan fingerprint density at radius 3 is 2.47 bits per heavy atom. The summed E-state index contributed by atoms with van der Waals surface area (Å²) in [6, 6.07) is 6.98. The molecule has 12 heteroatoms. The van der Waals surface area contributed by atoms with E-state index >= 15 is 0 Å². The van der Waals surface area contributed by atoms with Gasteiger partial charge in [-0.1, -0.05) is 0 Å². The van der Waals surface area contributed by atoms with Crippen LogP contribution in [0.5, 0.6) is 11.9 Å². The molecule has 0 radical (unpaired) electrons. The Morgan fingerprint density at radius 2 is 1.87 bits per heavy atom. The second-order valence-corrected chi connectivity index (χ2v) is 7.63. The molecule has 0 saturated carbocycles. The molecule has 0 aliphatic rings. The normalized spacial score (nSPS) is 11.0. The predicted molar refractivity (Wildman–Crippen MR) is 108 cm³/mol. The number of hydrogen-bond donors (Lipinski definition) is 2. The summed E-state index contributed by atoms with van der Waals surface area (Å²) in [7, 11) is -1.19. The van der Waals surface area contributed by atoms with Gasteiger partial charge in [-0.15, -0.1) is 0 Å². The highest BCUT2D eigenvalue weighted by atomic mass is 32.2. The lowest BCUT2D eigenvalue weighted by Gasteiger charge is -2.10. The van der Waals surface area contributed by atoms with Gasteiger partial charge in [-0.25, -0.2) is 8.42 Å². The van der Waals surface area contributed by atoms with E-state index in [0.29, 0.717) is 17.8 Å². The van der Waals surface area contributed by atoms with Crippen LogP contribution in [0.4, 0.5) is 11.5 Å². The first-order valence-electron chi connectivity index (χ1n) is 8.78. The molecule has 0 unspecified atom stereocenters. The molecule has 0 atom stereocenters. The molecule has 0 spiro atoms. The third-order valence-corrected chi connectivity index (χ3v) is 5.33. The maximum absolute atomic E-state index is 12.6. The van der Waals surface area contributed by atoms with Gasteiger partial charge >= 0.3 is 6.01 Å². The van der Waals surface area contributed by atoms with E-state index in [2.05, 4.69) is 25.1 Å². The van der Waals surface area contributed by atoms with E-state index in [1.807, 2.05) is 6.92 Å². The van der Waals surface area contributed by atoms with E-state index in [1.54, 1.807) is 10.9 Å². The van der Waals surface area contributed by atoms with Crippen molar-refractivity contribution in [2.75, 3.05) is 24.3 Å². The van der Waals surface area contributed by atoms with Crippen molar-refractivity contribution < 1.29 is 22.7 Å². The summed E-state index contributed by atoms with van der Waals surface area (Å²) in [5, 5.41) is 6.74. The Morgan fingerprint density at radius 1 is 1.13 bits per heavy atom. The summed E-state index contributed by atoms with van der Waals surface area (Å²) >= 11 is 0. The van der Waals surface area contributed by atoms with Crippen LogP contribution in [0.3, 0.4) is 0 Å². The van der Waals surface area contributed by atoms with E-state index in [4.69, 9.17) is 9.47 Å². The minimum atomic E-state index is -3.94. The lowest BCUT2D eigenvalue weighted by atomic mass is 10.3. The Kier molecular flexibility index (Phi) is 6.16. The standard InChI is InChI=1S/C18H20N6O5S/c1-4-24-11-12(10-19-24)17(25)20-13-5-7-14(8-6-13)30(26,27)23-15-9-16(28-2)22-18(21-15)29-3/h5-11H,4H2,1-3H3,(H,20,25)(H,21,22,23). The van der Waals surface area contributed by atoms with E-state index in [0.717, 1.165) is 0 Å². The number of benzene rings is 1. The zero-order valence-corrected chi connectivity index (χ0v) is 17.3. The van der Waals surface area contributed by atoms with Gasteiger partial charge in [0.1, 0.15) is 0 Å². The molecule has 158 valence electrons. The molecule has 0 bridgehead atoms. The van der Waals surface area contributed by atoms with E-state index in [-0.39, 0.29) is 28.5 Å². The van der Waals surface area contributed by atoms with Crippen molar-refractivity contribution >= 4 is 27.4 Å². The van der Waals surface area contributed by atoms with Crippen molar-refractivity contribution in [3.05, 3.63) is 48.3 Å². The molecule has 30 heavy (non-hydrogen) atoms. The fourth-order valence-corrected chi connectivity index (χ4v) is 3.42. The number of ether oxygens (including phenoxy) is 2. The summed E-state index contributed by atoms with van der Waals surface area (Å²) in [6.07, 6.45) is 3.09. The summed E-state index contributed by atoms with van der Waals surface area (Å²) in [4.78, 5) is 20.1. The number of nitrogens with zero attached hydrogens (tertiary/aromatic N) is 4. The lowest BCUT2D eigenvalue weighted by Crippen LogP contribution is -2.15. The fraction of sp³-hybridized carbons (Fsp3) is 0.222. The largest absolute Gasteiger partial charge is 0.481 e. The monoisotopic (exact) mass is 432 g/mol. The topological polar surface area (TPSA) is 137 Å². The number of aryl methyl sites for hydroxylation is 1. The highest BCUT2D eigenvalue weighted by Crippen LogP contribution is 2.21. The maximum atomic E-state index is 12.6. The summed E-state index contributed by atoms with van der Waals surface area (Å²) in [5.41, 5.74) is 0.843. The van der Waals surface area contributed by atoms with Crippen LogP contribution in [0.15, 0.2) is 47.6 Å². The van der Waals surface area contributed by atoms with E-state index in [9.17, 15) is 13.2 Å². The molecule has 2 N–H and O–H groups in total. The average molecular weight is 432 g/mol. The smallest absolute Gasteiger partial charge is 0.321 e. The summed E-state index contributed by atoms with van der Waals surface area (Å²) < 4.78 is 39.2. The maximum Gasteiger partial charge on any atom is 0.321 e. The fourth-order valence-electron chi connectivity index (χ4n) is 2.42. The molecule has 2 aromatic heterocycles. The average Bonchev–Trinajstić information content (AvgIpc) is 3.23. The van der Waals surface area contributed by atoms with Crippen LogP contribution in [0.1, 0.15) is 17.3 Å². The molecule has 11 nitrogen and oxygen atoms in total. The van der Waals surface area contributed by atoms with Crippen LogP contribution in [-0.2, 0) is 16.6 Å². The van der Waals surface area contributed by atoms with Gasteiger partial charge in [0, 0.05) is 24.5 Å². The zero-order valence-electron chi connectivity index (χ0n) is 16.5. The first kappa shape index (κ1) is 21.0. The van der Waals surface area contributed by atoms with E-state index < -0.39 is 10.0 Å². The Hall–Kier alpha value is -3.67. The quantitative estimate of drug-likeness (QED) is 0.549. The number of methoxy groups -OCH3 is 2. The van der Waals surface area contributed by atoms with Gasteiger partial charge in [0.15, 0.2) is 5.82 Å². The molecule has 0 aliphatic carbocycles. The summed E-state index contributed by atoms with van der Waals surface area (Å²) in [6.45, 7) is 2.56. The molecule has 0 saturated heterocycles. The molecule has 1 aromatic carbocycles. The van der Waals surface area contributed by atoms with Gasteiger partial charge in [-0.3, -0.25) is 14.2 Å². The molecule has 3 rings (SSSR count). The van der Waals surface area contributed by atoms with Crippen LogP contribution in [0, 0.1) is 0 Å². The predicted octanol–water partition coefficient (Wildman–Crippen LogP) is 1.76. The highest BCUT2D eigenvalue weighted by molar-refractivity contribution is 7.92. The minimum absolute atomic E-state index is 0.0102. The SMILES string of the molecule is CCn1cc(C(=O)Nc2ccc(S(=O)(=O)Nc3cc(OC)nc(OC)n3)cc2)cn1. The van der Waals surface area contributed by atoms with Crippen LogP contribution >= 0.6 is 0 Å². The minimum Gasteiger partial charge on any atom is -0.481 e. The number of carbonyl (C=O) groups excluding carboxylic acids is 1. The van der Waals surface area contributed by atoms with Crippen LogP contribution in [0.2, 0.25) is 0 Å². The third kappa shape index (κ3) is 4.84. The molecular formula is C18H20N6O5S. The van der Waals surface area contributed by atoms with Gasteiger partial charge in [-0.05, 0) is 31.2 Å². The molecule has 0 fully saturated rings. The van der Waals surface area contributed by atoms with E-state index in [1.165, 1.54) is 50.7 Å². The van der Waals surface area contributed by atoms with Crippen molar-refractivity contribution in [2.45, 2.75) is 18.4 Å². The molecular weight excluding hydrogens is 412 g/mol. The highest BCUT2D eigenvalue weighted by Gasteiger charge is 2.17. The number of aromatic nitrogens is 4. The molecule has 2 heterocycles. The number of amides is 1. The van der Waals surface area contributed by atoms with Crippen molar-refractivity contribution in [1.29, 1.82) is 0 Å². The van der Waals surface area contributed by atoms with Crippen LogP contribution in [0.25, 0.3) is 0 Å². The molecule has 3 aromatic rings. The second-order valence-electron chi connectivity index (χ2n) is 5.95. The first-order valence-corrected chi connectivity index (χ1v) is 10.3. The number of rotatable bonds is 8. The van der Waals surface area contributed by atoms with Crippen LogP contribution < -0.4 is 19.5 Å². The lowest BCUT2D eigenvalue weighted by molar-refractivity contribution is 0.102. The second kappa shape index (κ2) is 8.78. The van der Waals surface area contributed by atoms with Crippen molar-refractivity contribution in [1.82, 2.24) is 19.7 Å². The summed E-state index contributed by atoms with van der Waals surface area (Å²) in [5.74, 6) is -0.211. The Labute approximate surface area is 173 Å². The molecule has 1 amide bonds. The van der Waals surface area contributed by atoms with Crippen LogP contribution in [-0.4, -0.2) is 48.3 Å². The third-order valence-electron chi connectivity index (χ3n) is 3.95. The van der Waals surface area contributed by atoms with Crippen molar-refractivity contribution in [3.8, 4) is 11.9 Å². The van der Waals surface area contributed by atoms with Gasteiger partial charge < -0.3 is 14.8 Å². The molecule has 0 aliphatic heterocycles. The Bertz CT molecular complexity index is 1120. The van der Waals surface area contributed by atoms with Gasteiger partial charge in [0.05, 0.1) is 30.9 Å². The zero-order chi connectivity index (χ0) is 21.7. The van der Waals surface area contributed by atoms with Crippen molar-refractivity contribution in [2.24, 2.45) is 0 Å². The number of sulfonamides is 1. The first-order chi connectivity index (χ1) is 14.3. The van der Waals surface area contributed by atoms with Crippen molar-refractivity contribution in [3.63, 3.8) is 0 Å². The number of carbonyl (C=O) groups is 1. The number of hydrogen-bond acceptors (Lipinski definition) is 8. The van der Waals surface area contributed by atoms with Gasteiger partial charge in [-0.2, -0.15) is 15.1 Å². The van der Waals surface area contributed by atoms with Gasteiger partial charge in [0.25, 0.3) is 15.9 Å². The Balaban J connectivity index is 1.74.